The molecule has 6 heteroatoms. The summed E-state index contributed by atoms with van der Waals surface area (Å²) in [7, 11) is 1.57. The van der Waals surface area contributed by atoms with Crippen LogP contribution in [0.3, 0.4) is 0 Å². The lowest BCUT2D eigenvalue weighted by atomic mass is 10.2. The Bertz CT molecular complexity index is 448. The molecule has 100 valence electrons. The Labute approximate surface area is 117 Å². The van der Waals surface area contributed by atoms with Crippen molar-refractivity contribution in [3.8, 4) is 5.75 Å². The van der Waals surface area contributed by atoms with Gasteiger partial charge in [0.05, 0.1) is 12.6 Å². The molecule has 0 spiro atoms. The maximum absolute atomic E-state index is 11.7. The molecule has 4 nitrogen and oxygen atoms in total. The number of rotatable bonds is 4. The third-order valence-electron chi connectivity index (χ3n) is 2.96. The summed E-state index contributed by atoms with van der Waals surface area (Å²) in [6, 6.07) is 5.38. The first-order chi connectivity index (χ1) is 8.07. The molecule has 1 aromatic rings. The second kappa shape index (κ2) is 5.78. The summed E-state index contributed by atoms with van der Waals surface area (Å²) < 4.78 is 5.19. The fraction of sp³-hybridized carbons (Fsp3) is 0.417. The zero-order chi connectivity index (χ0) is 12.5. The van der Waals surface area contributed by atoms with Crippen LogP contribution in [0.2, 0.25) is 5.02 Å². The van der Waals surface area contributed by atoms with Crippen LogP contribution >= 0.6 is 24.0 Å². The van der Waals surface area contributed by atoms with Gasteiger partial charge in [-0.2, -0.15) is 0 Å². The van der Waals surface area contributed by atoms with E-state index in [1.807, 2.05) is 6.07 Å². The van der Waals surface area contributed by atoms with Gasteiger partial charge in [0.15, 0.2) is 0 Å². The topological polar surface area (TPSA) is 64.3 Å². The first kappa shape index (κ1) is 15.1. The first-order valence-corrected chi connectivity index (χ1v) is 5.83. The molecule has 3 N–H and O–H groups in total. The van der Waals surface area contributed by atoms with Gasteiger partial charge in [-0.3, -0.25) is 4.79 Å². The predicted octanol–water partition coefficient (Wildman–Crippen LogP) is 1.88. The van der Waals surface area contributed by atoms with Crippen molar-refractivity contribution < 1.29 is 9.53 Å². The number of carbonyl (C=O) groups is 1. The zero-order valence-electron chi connectivity index (χ0n) is 10.0. The van der Waals surface area contributed by atoms with Crippen molar-refractivity contribution in [2.24, 2.45) is 5.73 Å². The van der Waals surface area contributed by atoms with Crippen LogP contribution in [0.1, 0.15) is 18.4 Å². The summed E-state index contributed by atoms with van der Waals surface area (Å²) in [6.45, 7) is 0.334. The maximum atomic E-state index is 11.7. The van der Waals surface area contributed by atoms with E-state index in [1.54, 1.807) is 19.2 Å². The van der Waals surface area contributed by atoms with Gasteiger partial charge in [0.2, 0.25) is 5.91 Å². The Morgan fingerprint density at radius 1 is 1.56 bits per heavy atom. The molecule has 1 aliphatic carbocycles. The monoisotopic (exact) mass is 290 g/mol. The summed E-state index contributed by atoms with van der Waals surface area (Å²) in [4.78, 5) is 11.7. The number of carbonyl (C=O) groups excluding carboxylic acids is 1. The van der Waals surface area contributed by atoms with E-state index in [0.717, 1.165) is 18.4 Å². The van der Waals surface area contributed by atoms with Crippen LogP contribution in [0.25, 0.3) is 0 Å². The minimum Gasteiger partial charge on any atom is -0.496 e. The van der Waals surface area contributed by atoms with E-state index in [1.165, 1.54) is 0 Å². The minimum absolute atomic E-state index is 0. The minimum atomic E-state index is -0.658. The predicted molar refractivity (Wildman–Crippen MR) is 73.3 cm³/mol. The van der Waals surface area contributed by atoms with Crippen molar-refractivity contribution in [3.63, 3.8) is 0 Å². The molecule has 1 aliphatic rings. The molecule has 0 bridgehead atoms. The van der Waals surface area contributed by atoms with Crippen LogP contribution in [-0.4, -0.2) is 18.6 Å². The largest absolute Gasteiger partial charge is 0.496 e. The van der Waals surface area contributed by atoms with E-state index < -0.39 is 5.54 Å². The number of amides is 1. The van der Waals surface area contributed by atoms with Crippen molar-refractivity contribution in [2.45, 2.75) is 24.9 Å². The number of methoxy groups -OCH3 is 1. The Morgan fingerprint density at radius 3 is 2.78 bits per heavy atom. The lowest BCUT2D eigenvalue weighted by Crippen LogP contribution is -2.42. The third kappa shape index (κ3) is 3.07. The van der Waals surface area contributed by atoms with Crippen LogP contribution in [0.4, 0.5) is 0 Å². The van der Waals surface area contributed by atoms with Crippen molar-refractivity contribution >= 4 is 29.9 Å². The van der Waals surface area contributed by atoms with Gasteiger partial charge in [-0.05, 0) is 25.0 Å². The summed E-state index contributed by atoms with van der Waals surface area (Å²) in [5, 5.41) is 3.36. The Balaban J connectivity index is 0.00000162. The number of halogens is 2. The average Bonchev–Trinajstić information content (AvgIpc) is 3.06. The highest BCUT2D eigenvalue weighted by Gasteiger charge is 2.45. The van der Waals surface area contributed by atoms with Gasteiger partial charge in [0, 0.05) is 17.1 Å². The number of benzene rings is 1. The Hall–Kier alpha value is -0.970. The Morgan fingerprint density at radius 2 is 2.22 bits per heavy atom. The van der Waals surface area contributed by atoms with E-state index >= 15 is 0 Å². The molecule has 0 atom stereocenters. The zero-order valence-corrected chi connectivity index (χ0v) is 11.6. The van der Waals surface area contributed by atoms with Gasteiger partial charge >= 0.3 is 0 Å². The highest BCUT2D eigenvalue weighted by atomic mass is 35.5. The number of nitrogens with one attached hydrogen (secondary N) is 1. The SMILES string of the molecule is COc1cccc(Cl)c1CNC(=O)C1(N)CC1.Cl. The van der Waals surface area contributed by atoms with E-state index in [9.17, 15) is 4.79 Å². The second-order valence-electron chi connectivity index (χ2n) is 4.26. The lowest BCUT2D eigenvalue weighted by Gasteiger charge is -2.13. The number of hydrogen-bond donors (Lipinski definition) is 2. The van der Waals surface area contributed by atoms with Gasteiger partial charge in [-0.15, -0.1) is 12.4 Å². The summed E-state index contributed by atoms with van der Waals surface area (Å²) >= 11 is 6.06. The van der Waals surface area contributed by atoms with Crippen molar-refractivity contribution in [1.82, 2.24) is 5.32 Å². The first-order valence-electron chi connectivity index (χ1n) is 5.45. The smallest absolute Gasteiger partial charge is 0.240 e. The second-order valence-corrected chi connectivity index (χ2v) is 4.67. The fourth-order valence-corrected chi connectivity index (χ4v) is 1.84. The average molecular weight is 291 g/mol. The molecule has 1 amide bonds. The quantitative estimate of drug-likeness (QED) is 0.890. The normalized spacial score (nSPS) is 15.5. The van der Waals surface area contributed by atoms with Crippen molar-refractivity contribution in [1.29, 1.82) is 0 Å². The molecule has 18 heavy (non-hydrogen) atoms. The lowest BCUT2D eigenvalue weighted by molar-refractivity contribution is -0.123. The number of ether oxygens (including phenoxy) is 1. The van der Waals surface area contributed by atoms with E-state index in [-0.39, 0.29) is 18.3 Å². The van der Waals surface area contributed by atoms with Crippen LogP contribution in [0, 0.1) is 0 Å². The van der Waals surface area contributed by atoms with Crippen molar-refractivity contribution in [2.75, 3.05) is 7.11 Å². The van der Waals surface area contributed by atoms with E-state index in [2.05, 4.69) is 5.32 Å². The number of hydrogen-bond acceptors (Lipinski definition) is 3. The molecule has 0 aliphatic heterocycles. The molecule has 0 heterocycles. The van der Waals surface area contributed by atoms with Crippen LogP contribution < -0.4 is 15.8 Å². The molecule has 1 saturated carbocycles. The van der Waals surface area contributed by atoms with Gasteiger partial charge < -0.3 is 15.8 Å². The summed E-state index contributed by atoms with van der Waals surface area (Å²) in [5.74, 6) is 0.541. The molecule has 2 rings (SSSR count). The standard InChI is InChI=1S/C12H15ClN2O2.ClH/c1-17-10-4-2-3-9(13)8(10)7-15-11(16)12(14)5-6-12;/h2-4H,5-7,14H2,1H3,(H,15,16);1H. The highest BCUT2D eigenvalue weighted by Crippen LogP contribution is 2.32. The van der Waals surface area contributed by atoms with Crippen LogP contribution in [-0.2, 0) is 11.3 Å². The highest BCUT2D eigenvalue weighted by molar-refractivity contribution is 6.31. The Kier molecular flexibility index (Phi) is 4.85. The van der Waals surface area contributed by atoms with Gasteiger partial charge in [-0.1, -0.05) is 17.7 Å². The number of nitrogens with two attached hydrogens (primary N) is 1. The maximum Gasteiger partial charge on any atom is 0.240 e. The summed E-state index contributed by atoms with van der Waals surface area (Å²) in [5.41, 5.74) is 5.90. The van der Waals surface area contributed by atoms with Gasteiger partial charge in [-0.25, -0.2) is 0 Å². The molecule has 1 aromatic carbocycles. The van der Waals surface area contributed by atoms with Crippen LogP contribution in [0.15, 0.2) is 18.2 Å². The summed E-state index contributed by atoms with van der Waals surface area (Å²) in [6.07, 6.45) is 1.50. The molecule has 0 saturated heterocycles. The molecular formula is C12H16Cl2N2O2. The molecular weight excluding hydrogens is 275 g/mol. The molecule has 1 fully saturated rings. The van der Waals surface area contributed by atoms with E-state index in [4.69, 9.17) is 22.1 Å². The molecule has 0 aromatic heterocycles. The molecule has 0 radical (unpaired) electrons. The third-order valence-corrected chi connectivity index (χ3v) is 3.32. The van der Waals surface area contributed by atoms with E-state index in [0.29, 0.717) is 17.3 Å². The van der Waals surface area contributed by atoms with Gasteiger partial charge in [0.25, 0.3) is 0 Å². The van der Waals surface area contributed by atoms with Crippen LogP contribution in [0.5, 0.6) is 5.75 Å². The fourth-order valence-electron chi connectivity index (χ4n) is 1.61. The van der Waals surface area contributed by atoms with Crippen molar-refractivity contribution in [3.05, 3.63) is 28.8 Å². The molecule has 0 unspecified atom stereocenters. The van der Waals surface area contributed by atoms with Gasteiger partial charge in [0.1, 0.15) is 5.75 Å².